The zero-order chi connectivity index (χ0) is 15.6. The third-order valence-electron chi connectivity index (χ3n) is 2.82. The number of aryl methyl sites for hydroxylation is 1. The van der Waals surface area contributed by atoms with E-state index in [1.165, 1.54) is 24.3 Å². The van der Waals surface area contributed by atoms with Crippen LogP contribution in [0, 0.1) is 6.92 Å². The van der Waals surface area contributed by atoms with Gasteiger partial charge in [-0.1, -0.05) is 33.6 Å². The van der Waals surface area contributed by atoms with Crippen LogP contribution in [0.3, 0.4) is 0 Å². The number of nitrogens with one attached hydrogen (secondary N) is 1. The molecule has 7 heteroatoms. The Kier molecular flexibility index (Phi) is 4.34. The van der Waals surface area contributed by atoms with Crippen LogP contribution < -0.4 is 10.5 Å². The number of rotatable bonds is 4. The first-order valence-electron chi connectivity index (χ1n) is 5.98. The number of carbonyl (C=O) groups excluding carboxylic acids is 1. The highest BCUT2D eigenvalue weighted by Crippen LogP contribution is 2.23. The lowest BCUT2D eigenvalue weighted by Crippen LogP contribution is -2.18. The monoisotopic (exact) mass is 368 g/mol. The number of carbonyl (C=O) groups is 1. The SMILES string of the molecule is Cc1ccc(S(=O)(=O)Nc2ccc(Br)cc2C(N)=O)cc1. The van der Waals surface area contributed by atoms with E-state index in [-0.39, 0.29) is 16.1 Å². The Balaban J connectivity index is 2.41. The molecule has 0 aliphatic heterocycles. The van der Waals surface area contributed by atoms with Crippen molar-refractivity contribution in [1.82, 2.24) is 0 Å². The first-order chi connectivity index (χ1) is 9.79. The van der Waals surface area contributed by atoms with Gasteiger partial charge in [0.2, 0.25) is 0 Å². The first kappa shape index (κ1) is 15.5. The maximum atomic E-state index is 12.3. The number of benzene rings is 2. The normalized spacial score (nSPS) is 11.1. The second kappa shape index (κ2) is 5.87. The van der Waals surface area contributed by atoms with Crippen LogP contribution in [0.1, 0.15) is 15.9 Å². The Hall–Kier alpha value is -1.86. The fourth-order valence-electron chi connectivity index (χ4n) is 1.73. The molecule has 2 aromatic rings. The molecule has 2 aromatic carbocycles. The molecule has 3 N–H and O–H groups in total. The number of halogens is 1. The highest BCUT2D eigenvalue weighted by Gasteiger charge is 2.17. The summed E-state index contributed by atoms with van der Waals surface area (Å²) in [7, 11) is -3.77. The summed E-state index contributed by atoms with van der Waals surface area (Å²) in [6.07, 6.45) is 0. The molecule has 21 heavy (non-hydrogen) atoms. The van der Waals surface area contributed by atoms with E-state index in [0.717, 1.165) is 5.56 Å². The molecule has 0 bridgehead atoms. The van der Waals surface area contributed by atoms with E-state index >= 15 is 0 Å². The lowest BCUT2D eigenvalue weighted by molar-refractivity contribution is 0.100. The van der Waals surface area contributed by atoms with Gasteiger partial charge >= 0.3 is 0 Å². The summed E-state index contributed by atoms with van der Waals surface area (Å²) < 4.78 is 27.6. The summed E-state index contributed by atoms with van der Waals surface area (Å²) in [4.78, 5) is 11.5. The minimum atomic E-state index is -3.77. The molecule has 110 valence electrons. The van der Waals surface area contributed by atoms with Crippen molar-refractivity contribution in [3.63, 3.8) is 0 Å². The van der Waals surface area contributed by atoms with Crippen LogP contribution in [0.15, 0.2) is 51.8 Å². The zero-order valence-corrected chi connectivity index (χ0v) is 13.5. The van der Waals surface area contributed by atoms with E-state index < -0.39 is 15.9 Å². The predicted molar refractivity (Wildman–Crippen MR) is 84.6 cm³/mol. The quantitative estimate of drug-likeness (QED) is 0.868. The van der Waals surface area contributed by atoms with Crippen molar-refractivity contribution in [3.05, 3.63) is 58.1 Å². The molecule has 0 saturated carbocycles. The van der Waals surface area contributed by atoms with E-state index in [4.69, 9.17) is 5.73 Å². The highest BCUT2D eigenvalue weighted by atomic mass is 79.9. The van der Waals surface area contributed by atoms with E-state index in [9.17, 15) is 13.2 Å². The van der Waals surface area contributed by atoms with Gasteiger partial charge < -0.3 is 5.73 Å². The number of amides is 1. The second-order valence-corrected chi connectivity index (χ2v) is 7.07. The molecule has 0 saturated heterocycles. The molecule has 0 spiro atoms. The van der Waals surface area contributed by atoms with Gasteiger partial charge in [-0.2, -0.15) is 0 Å². The molecule has 0 radical (unpaired) electrons. The first-order valence-corrected chi connectivity index (χ1v) is 8.26. The number of hydrogen-bond acceptors (Lipinski definition) is 3. The minimum Gasteiger partial charge on any atom is -0.366 e. The molecule has 0 aliphatic carbocycles. The lowest BCUT2D eigenvalue weighted by atomic mass is 10.2. The second-order valence-electron chi connectivity index (χ2n) is 4.47. The van der Waals surface area contributed by atoms with Crippen molar-refractivity contribution in [2.75, 3.05) is 4.72 Å². The third kappa shape index (κ3) is 3.62. The maximum absolute atomic E-state index is 12.3. The van der Waals surface area contributed by atoms with Gasteiger partial charge in [-0.05, 0) is 37.3 Å². The Labute approximate surface area is 131 Å². The molecule has 0 aromatic heterocycles. The van der Waals surface area contributed by atoms with Gasteiger partial charge in [0.1, 0.15) is 0 Å². The van der Waals surface area contributed by atoms with Gasteiger partial charge in [0.15, 0.2) is 0 Å². The largest absolute Gasteiger partial charge is 0.366 e. The molecule has 0 heterocycles. The summed E-state index contributed by atoms with van der Waals surface area (Å²) in [6.45, 7) is 1.86. The van der Waals surface area contributed by atoms with E-state index in [2.05, 4.69) is 20.7 Å². The molecule has 0 aliphatic rings. The fraction of sp³-hybridized carbons (Fsp3) is 0.0714. The van der Waals surface area contributed by atoms with Gasteiger partial charge in [0.05, 0.1) is 16.1 Å². The Morgan fingerprint density at radius 2 is 1.76 bits per heavy atom. The van der Waals surface area contributed by atoms with Crippen LogP contribution in [0.25, 0.3) is 0 Å². The number of anilines is 1. The summed E-state index contributed by atoms with van der Waals surface area (Å²) in [5.41, 5.74) is 6.46. The fourth-order valence-corrected chi connectivity index (χ4v) is 3.17. The third-order valence-corrected chi connectivity index (χ3v) is 4.70. The molecule has 0 atom stereocenters. The number of hydrogen-bond donors (Lipinski definition) is 2. The smallest absolute Gasteiger partial charge is 0.261 e. The van der Waals surface area contributed by atoms with Crippen molar-refractivity contribution in [1.29, 1.82) is 0 Å². The van der Waals surface area contributed by atoms with Crippen molar-refractivity contribution < 1.29 is 13.2 Å². The molecule has 1 amide bonds. The van der Waals surface area contributed by atoms with Gasteiger partial charge in [-0.3, -0.25) is 9.52 Å². The molecule has 0 unspecified atom stereocenters. The molecule has 5 nitrogen and oxygen atoms in total. The highest BCUT2D eigenvalue weighted by molar-refractivity contribution is 9.10. The van der Waals surface area contributed by atoms with Gasteiger partial charge in [-0.15, -0.1) is 0 Å². The van der Waals surface area contributed by atoms with E-state index in [1.807, 2.05) is 6.92 Å². The maximum Gasteiger partial charge on any atom is 0.261 e. The van der Waals surface area contributed by atoms with Crippen LogP contribution in [0.2, 0.25) is 0 Å². The Morgan fingerprint density at radius 3 is 2.33 bits per heavy atom. The van der Waals surface area contributed by atoms with Gasteiger partial charge in [0.25, 0.3) is 15.9 Å². The lowest BCUT2D eigenvalue weighted by Gasteiger charge is -2.11. The Morgan fingerprint density at radius 1 is 1.14 bits per heavy atom. The van der Waals surface area contributed by atoms with Crippen LogP contribution in [-0.4, -0.2) is 14.3 Å². The topological polar surface area (TPSA) is 89.3 Å². The van der Waals surface area contributed by atoms with Crippen LogP contribution in [-0.2, 0) is 10.0 Å². The summed E-state index contributed by atoms with van der Waals surface area (Å²) in [6, 6.07) is 11.0. The molecular weight excluding hydrogens is 356 g/mol. The van der Waals surface area contributed by atoms with Crippen LogP contribution >= 0.6 is 15.9 Å². The van der Waals surface area contributed by atoms with Crippen molar-refractivity contribution in [2.45, 2.75) is 11.8 Å². The van der Waals surface area contributed by atoms with E-state index in [0.29, 0.717) is 4.47 Å². The van der Waals surface area contributed by atoms with E-state index in [1.54, 1.807) is 18.2 Å². The summed E-state index contributed by atoms with van der Waals surface area (Å²) >= 11 is 3.21. The summed E-state index contributed by atoms with van der Waals surface area (Å²) in [5.74, 6) is -0.710. The molecule has 2 rings (SSSR count). The van der Waals surface area contributed by atoms with Gasteiger partial charge in [-0.25, -0.2) is 8.42 Å². The molecule has 0 fully saturated rings. The number of nitrogens with two attached hydrogens (primary N) is 1. The standard InChI is InChI=1S/C14H13BrN2O3S/c1-9-2-5-11(6-3-9)21(19,20)17-13-7-4-10(15)8-12(13)14(16)18/h2-8,17H,1H3,(H2,16,18). The minimum absolute atomic E-state index is 0.0973. The number of primary amides is 1. The van der Waals surface area contributed by atoms with Crippen molar-refractivity contribution in [3.8, 4) is 0 Å². The number of sulfonamides is 1. The zero-order valence-electron chi connectivity index (χ0n) is 11.1. The van der Waals surface area contributed by atoms with Crippen molar-refractivity contribution >= 4 is 37.5 Å². The Bertz CT molecular complexity index is 786. The average Bonchev–Trinajstić information content (AvgIpc) is 2.41. The average molecular weight is 369 g/mol. The summed E-state index contributed by atoms with van der Waals surface area (Å²) in [5, 5.41) is 0. The van der Waals surface area contributed by atoms with Crippen LogP contribution in [0.5, 0.6) is 0 Å². The van der Waals surface area contributed by atoms with Crippen LogP contribution in [0.4, 0.5) is 5.69 Å². The van der Waals surface area contributed by atoms with Gasteiger partial charge in [0, 0.05) is 4.47 Å². The predicted octanol–water partition coefficient (Wildman–Crippen LogP) is 2.66. The molecular formula is C14H13BrN2O3S. The van der Waals surface area contributed by atoms with Crippen molar-refractivity contribution in [2.24, 2.45) is 5.73 Å².